The van der Waals surface area contributed by atoms with Crippen molar-refractivity contribution in [2.75, 3.05) is 18.8 Å². The second-order valence-corrected chi connectivity index (χ2v) is 6.51. The van der Waals surface area contributed by atoms with Gasteiger partial charge in [0.2, 0.25) is 15.9 Å². The van der Waals surface area contributed by atoms with E-state index in [9.17, 15) is 13.2 Å². The van der Waals surface area contributed by atoms with E-state index in [1.54, 1.807) is 6.92 Å². The fourth-order valence-electron chi connectivity index (χ4n) is 1.74. The van der Waals surface area contributed by atoms with Gasteiger partial charge in [0, 0.05) is 6.54 Å². The largest absolute Gasteiger partial charge is 0.355 e. The van der Waals surface area contributed by atoms with E-state index >= 15 is 0 Å². The van der Waals surface area contributed by atoms with Gasteiger partial charge in [0.15, 0.2) is 0 Å². The number of benzene rings is 1. The number of sulfonamides is 1. The minimum Gasteiger partial charge on any atom is -0.355 e. The van der Waals surface area contributed by atoms with Crippen molar-refractivity contribution in [1.29, 1.82) is 0 Å². The summed E-state index contributed by atoms with van der Waals surface area (Å²) < 4.78 is 25.0. The average Bonchev–Trinajstić information content (AvgIpc) is 2.43. The maximum Gasteiger partial charge on any atom is 0.235 e. The molecule has 0 aliphatic carbocycles. The smallest absolute Gasteiger partial charge is 0.235 e. The van der Waals surface area contributed by atoms with E-state index in [2.05, 4.69) is 10.0 Å². The molecular formula is C14H22N2O3S. The van der Waals surface area contributed by atoms with E-state index in [0.717, 1.165) is 12.8 Å². The molecular weight excluding hydrogens is 276 g/mol. The number of amides is 1. The van der Waals surface area contributed by atoms with Gasteiger partial charge in [-0.3, -0.25) is 4.79 Å². The lowest BCUT2D eigenvalue weighted by Crippen LogP contribution is -2.38. The molecule has 0 saturated heterocycles. The highest BCUT2D eigenvalue weighted by Gasteiger charge is 2.10. The Morgan fingerprint density at radius 1 is 1.20 bits per heavy atom. The quantitative estimate of drug-likeness (QED) is 0.670. The Morgan fingerprint density at radius 3 is 2.55 bits per heavy atom. The molecule has 0 unspecified atom stereocenters. The van der Waals surface area contributed by atoms with E-state index < -0.39 is 10.0 Å². The van der Waals surface area contributed by atoms with Crippen LogP contribution >= 0.6 is 0 Å². The highest BCUT2D eigenvalue weighted by atomic mass is 32.2. The first-order valence-corrected chi connectivity index (χ1v) is 8.46. The summed E-state index contributed by atoms with van der Waals surface area (Å²) in [5.74, 6) is -0.244. The topological polar surface area (TPSA) is 75.3 Å². The van der Waals surface area contributed by atoms with Crippen molar-refractivity contribution in [3.63, 3.8) is 0 Å². The van der Waals surface area contributed by atoms with Gasteiger partial charge in [0.05, 0.1) is 12.3 Å². The number of aryl methyl sites for hydroxylation is 1. The predicted octanol–water partition coefficient (Wildman–Crippen LogP) is 1.06. The molecule has 20 heavy (non-hydrogen) atoms. The summed E-state index contributed by atoms with van der Waals surface area (Å²) in [6, 6.07) is 10.0. The zero-order valence-electron chi connectivity index (χ0n) is 11.8. The maximum absolute atomic E-state index is 11.5. The van der Waals surface area contributed by atoms with Crippen LogP contribution in [0.25, 0.3) is 0 Å². The molecule has 0 aromatic heterocycles. The molecule has 0 heterocycles. The molecule has 0 bridgehead atoms. The van der Waals surface area contributed by atoms with Gasteiger partial charge in [-0.1, -0.05) is 37.3 Å². The number of carbonyl (C=O) groups excluding carboxylic acids is 1. The van der Waals surface area contributed by atoms with Crippen LogP contribution in [0.3, 0.4) is 0 Å². The third-order valence-corrected chi connectivity index (χ3v) is 4.26. The second kappa shape index (κ2) is 8.71. The highest BCUT2D eigenvalue weighted by molar-refractivity contribution is 7.89. The molecule has 1 rings (SSSR count). The van der Waals surface area contributed by atoms with Crippen LogP contribution in [0.1, 0.15) is 25.3 Å². The van der Waals surface area contributed by atoms with Crippen LogP contribution < -0.4 is 10.0 Å². The lowest BCUT2D eigenvalue weighted by atomic mass is 10.1. The first-order valence-electron chi connectivity index (χ1n) is 6.81. The van der Waals surface area contributed by atoms with E-state index in [1.165, 1.54) is 5.56 Å². The molecule has 0 radical (unpaired) electrons. The van der Waals surface area contributed by atoms with E-state index in [4.69, 9.17) is 0 Å². The highest BCUT2D eigenvalue weighted by Crippen LogP contribution is 2.01. The third kappa shape index (κ3) is 7.25. The van der Waals surface area contributed by atoms with Crippen LogP contribution in [0.15, 0.2) is 30.3 Å². The Balaban J connectivity index is 2.15. The Kier molecular flexibility index (Phi) is 7.25. The summed E-state index contributed by atoms with van der Waals surface area (Å²) in [5, 5.41) is 2.70. The molecule has 0 aliphatic rings. The average molecular weight is 298 g/mol. The fraction of sp³-hybridized carbons (Fsp3) is 0.500. The fourth-order valence-corrected chi connectivity index (χ4v) is 2.78. The standard InChI is InChI=1S/C14H22N2O3S/c1-2-11-20(18,19)16-12-14(17)15-10-6-9-13-7-4-3-5-8-13/h3-5,7-8,16H,2,6,9-12H2,1H3,(H,15,17). The molecule has 5 nitrogen and oxygen atoms in total. The minimum atomic E-state index is -3.31. The lowest BCUT2D eigenvalue weighted by Gasteiger charge is -2.07. The Labute approximate surface area is 120 Å². The van der Waals surface area contributed by atoms with Gasteiger partial charge in [-0.2, -0.15) is 0 Å². The number of carbonyl (C=O) groups is 1. The SMILES string of the molecule is CCCS(=O)(=O)NCC(=O)NCCCc1ccccc1. The van der Waals surface area contributed by atoms with Crippen molar-refractivity contribution < 1.29 is 13.2 Å². The van der Waals surface area contributed by atoms with Gasteiger partial charge in [-0.05, 0) is 24.8 Å². The summed E-state index contributed by atoms with van der Waals surface area (Å²) in [5.41, 5.74) is 1.23. The van der Waals surface area contributed by atoms with E-state index in [1.807, 2.05) is 30.3 Å². The van der Waals surface area contributed by atoms with Crippen LogP contribution in [0.4, 0.5) is 0 Å². The number of rotatable bonds is 9. The number of nitrogens with one attached hydrogen (secondary N) is 2. The molecule has 0 saturated carbocycles. The van der Waals surface area contributed by atoms with Gasteiger partial charge < -0.3 is 5.32 Å². The zero-order chi connectivity index (χ0) is 14.8. The molecule has 0 aliphatic heterocycles. The molecule has 1 aromatic carbocycles. The minimum absolute atomic E-state index is 0.0499. The summed E-state index contributed by atoms with van der Waals surface area (Å²) in [7, 11) is -3.31. The zero-order valence-corrected chi connectivity index (χ0v) is 12.6. The number of hydrogen-bond donors (Lipinski definition) is 2. The van der Waals surface area contributed by atoms with Crippen LogP contribution in [0.2, 0.25) is 0 Å². The predicted molar refractivity (Wildman–Crippen MR) is 79.9 cm³/mol. The monoisotopic (exact) mass is 298 g/mol. The van der Waals surface area contributed by atoms with Gasteiger partial charge in [0.1, 0.15) is 0 Å². The van der Waals surface area contributed by atoms with Crippen LogP contribution in [0, 0.1) is 0 Å². The van der Waals surface area contributed by atoms with Crippen molar-refractivity contribution in [1.82, 2.24) is 10.0 Å². The lowest BCUT2D eigenvalue weighted by molar-refractivity contribution is -0.119. The Hall–Kier alpha value is -1.40. The summed E-state index contributed by atoms with van der Waals surface area (Å²) in [6.07, 6.45) is 2.26. The third-order valence-electron chi connectivity index (χ3n) is 2.73. The Morgan fingerprint density at radius 2 is 1.90 bits per heavy atom. The molecule has 1 amide bonds. The molecule has 6 heteroatoms. The van der Waals surface area contributed by atoms with Gasteiger partial charge in [0.25, 0.3) is 0 Å². The molecule has 1 aromatic rings. The normalized spacial score (nSPS) is 11.2. The summed E-state index contributed by atoms with van der Waals surface area (Å²) in [4.78, 5) is 11.5. The Bertz CT molecular complexity index is 500. The van der Waals surface area contributed by atoms with Gasteiger partial charge >= 0.3 is 0 Å². The van der Waals surface area contributed by atoms with Gasteiger partial charge in [-0.15, -0.1) is 0 Å². The van der Waals surface area contributed by atoms with E-state index in [0.29, 0.717) is 13.0 Å². The van der Waals surface area contributed by atoms with Crippen LogP contribution in [-0.2, 0) is 21.2 Å². The van der Waals surface area contributed by atoms with Gasteiger partial charge in [-0.25, -0.2) is 13.1 Å². The van der Waals surface area contributed by atoms with E-state index in [-0.39, 0.29) is 18.2 Å². The summed E-state index contributed by atoms with van der Waals surface area (Å²) in [6.45, 7) is 2.14. The molecule has 0 fully saturated rings. The van der Waals surface area contributed by atoms with Crippen LogP contribution in [-0.4, -0.2) is 33.2 Å². The molecule has 0 atom stereocenters. The van der Waals surface area contributed by atoms with Crippen LogP contribution in [0.5, 0.6) is 0 Å². The van der Waals surface area contributed by atoms with Crippen molar-refractivity contribution in [3.05, 3.63) is 35.9 Å². The summed E-state index contributed by atoms with van der Waals surface area (Å²) >= 11 is 0. The number of hydrogen-bond acceptors (Lipinski definition) is 3. The molecule has 0 spiro atoms. The van der Waals surface area contributed by atoms with Crippen molar-refractivity contribution in [3.8, 4) is 0 Å². The maximum atomic E-state index is 11.5. The van der Waals surface area contributed by atoms with Crippen molar-refractivity contribution in [2.24, 2.45) is 0 Å². The second-order valence-electron chi connectivity index (χ2n) is 4.58. The van der Waals surface area contributed by atoms with Crippen molar-refractivity contribution >= 4 is 15.9 Å². The molecule has 112 valence electrons. The first-order chi connectivity index (χ1) is 9.53. The molecule has 2 N–H and O–H groups in total. The first kappa shape index (κ1) is 16.7. The van der Waals surface area contributed by atoms with Crippen molar-refractivity contribution in [2.45, 2.75) is 26.2 Å².